The number of amides is 1. The highest BCUT2D eigenvalue weighted by Gasteiger charge is 2.53. The van der Waals surface area contributed by atoms with Gasteiger partial charge in [-0.15, -0.1) is 0 Å². The molecule has 2 heterocycles. The molecule has 7 rings (SSSR count). The molecule has 2 saturated heterocycles. The van der Waals surface area contributed by atoms with E-state index in [1.165, 1.54) is 6.92 Å². The fraction of sp³-hybridized carbons (Fsp3) is 0.367. The normalized spacial score (nSPS) is 26.4. The molecule has 0 aromatic heterocycles. The lowest BCUT2D eigenvalue weighted by molar-refractivity contribution is -0.355. The molecule has 12 heteroatoms. The Morgan fingerprint density at radius 1 is 0.508 bits per heavy atom. The third-order valence-electron chi connectivity index (χ3n) is 10.6. The van der Waals surface area contributed by atoms with Crippen LogP contribution in [0.4, 0.5) is 0 Å². The minimum atomic E-state index is -1.43. The van der Waals surface area contributed by atoms with Gasteiger partial charge < -0.3 is 53.4 Å². The van der Waals surface area contributed by atoms with E-state index in [-0.39, 0.29) is 52.2 Å². The van der Waals surface area contributed by atoms with E-state index in [4.69, 9.17) is 37.9 Å². The second kappa shape index (κ2) is 22.9. The van der Waals surface area contributed by atoms with E-state index in [0.717, 1.165) is 27.8 Å². The summed E-state index contributed by atoms with van der Waals surface area (Å²) in [6.07, 6.45) is -9.79. The summed E-state index contributed by atoms with van der Waals surface area (Å²) in [5.74, 6) is -0.388. The summed E-state index contributed by atoms with van der Waals surface area (Å²) >= 11 is 0. The molecule has 2 aliphatic heterocycles. The van der Waals surface area contributed by atoms with Crippen molar-refractivity contribution in [3.63, 3.8) is 0 Å². The molecule has 1 amide bonds. The first kappa shape index (κ1) is 44.2. The van der Waals surface area contributed by atoms with Crippen molar-refractivity contribution in [3.8, 4) is 0 Å². The van der Waals surface area contributed by atoms with Gasteiger partial charge in [-0.25, -0.2) is 0 Å². The van der Waals surface area contributed by atoms with Crippen LogP contribution in [0.1, 0.15) is 34.7 Å². The van der Waals surface area contributed by atoms with E-state index in [0.29, 0.717) is 0 Å². The number of ether oxygens (including phenoxy) is 8. The summed E-state index contributed by atoms with van der Waals surface area (Å²) in [5, 5.41) is 26.6. The van der Waals surface area contributed by atoms with Gasteiger partial charge in [-0.3, -0.25) is 4.79 Å². The van der Waals surface area contributed by atoms with Gasteiger partial charge in [0.05, 0.1) is 46.2 Å². The maximum absolute atomic E-state index is 13.0. The summed E-state index contributed by atoms with van der Waals surface area (Å²) < 4.78 is 51.9. The lowest BCUT2D eigenvalue weighted by Gasteiger charge is -2.49. The number of benzene rings is 5. The van der Waals surface area contributed by atoms with Crippen LogP contribution < -0.4 is 5.32 Å². The van der Waals surface area contributed by atoms with Crippen LogP contribution in [-0.2, 0) is 75.7 Å². The number of carbonyl (C=O) groups is 1. The molecule has 0 aliphatic carbocycles. The highest BCUT2D eigenvalue weighted by atomic mass is 16.7. The van der Waals surface area contributed by atoms with Crippen LogP contribution >= 0.6 is 0 Å². The van der Waals surface area contributed by atoms with Crippen LogP contribution in [0, 0.1) is 0 Å². The van der Waals surface area contributed by atoms with E-state index >= 15 is 0 Å². The fourth-order valence-corrected chi connectivity index (χ4v) is 7.51. The standard InChI is InChI=1S/C49H55NO11/c1-34(51)50-42-45(56-29-37-21-11-4-12-22-37)43(52)40(32-54-27-35-17-7-2-8-18-35)60-49(42)61-44-41(33-55-28-36-19-9-3-10-20-36)59-48(53)47(58-31-39-25-15-6-16-26-39)46(44)57-30-38-23-13-5-14-24-38/h2-26,40-49,52-53H,27-33H2,1H3,(H,50,51)/t40-,41-,42+,43+,44-,45-,46+,47-,48+,49+/m1/s1. The van der Waals surface area contributed by atoms with Crippen molar-refractivity contribution >= 4 is 5.91 Å². The Kier molecular flexibility index (Phi) is 16.6. The van der Waals surface area contributed by atoms with Gasteiger partial charge in [0.15, 0.2) is 12.6 Å². The third-order valence-corrected chi connectivity index (χ3v) is 10.6. The van der Waals surface area contributed by atoms with Crippen LogP contribution in [0.5, 0.6) is 0 Å². The largest absolute Gasteiger partial charge is 0.388 e. The number of hydrogen-bond donors (Lipinski definition) is 3. The summed E-state index contributed by atoms with van der Waals surface area (Å²) in [6.45, 7) is 2.33. The molecular formula is C49H55NO11. The molecule has 3 N–H and O–H groups in total. The SMILES string of the molecule is CC(=O)N[C@@H]1[C@H](O[C@H]2[C@H](OCc3ccccc3)[C@@H](OCc3ccccc3)[C@@H](O)O[C@@H]2COCc2ccccc2)O[C@H](COCc2ccccc2)[C@H](O)[C@@H]1OCc1ccccc1. The summed E-state index contributed by atoms with van der Waals surface area (Å²) in [6, 6.07) is 47.2. The van der Waals surface area contributed by atoms with Crippen molar-refractivity contribution < 1.29 is 52.9 Å². The first-order valence-corrected chi connectivity index (χ1v) is 20.7. The molecule has 0 radical (unpaired) electrons. The Morgan fingerprint density at radius 3 is 1.34 bits per heavy atom. The maximum Gasteiger partial charge on any atom is 0.217 e. The molecule has 0 bridgehead atoms. The lowest BCUT2D eigenvalue weighted by Crippen LogP contribution is -2.68. The second-order valence-corrected chi connectivity index (χ2v) is 15.2. The van der Waals surface area contributed by atoms with Gasteiger partial charge >= 0.3 is 0 Å². The van der Waals surface area contributed by atoms with Gasteiger partial charge in [-0.1, -0.05) is 152 Å². The van der Waals surface area contributed by atoms with Crippen molar-refractivity contribution in [2.45, 2.75) is 101 Å². The molecule has 61 heavy (non-hydrogen) atoms. The second-order valence-electron chi connectivity index (χ2n) is 15.2. The maximum atomic E-state index is 13.0. The predicted octanol–water partition coefficient (Wildman–Crippen LogP) is 5.87. The van der Waals surface area contributed by atoms with Gasteiger partial charge in [0.1, 0.15) is 48.8 Å². The Bertz CT molecular complexity index is 2000. The molecule has 0 saturated carbocycles. The Labute approximate surface area is 357 Å². The third kappa shape index (κ3) is 12.9. The highest BCUT2D eigenvalue weighted by molar-refractivity contribution is 5.73. The summed E-state index contributed by atoms with van der Waals surface area (Å²) in [4.78, 5) is 13.0. The van der Waals surface area contributed by atoms with E-state index < -0.39 is 61.3 Å². The van der Waals surface area contributed by atoms with E-state index in [9.17, 15) is 15.0 Å². The minimum Gasteiger partial charge on any atom is -0.388 e. The van der Waals surface area contributed by atoms with Crippen molar-refractivity contribution in [2.75, 3.05) is 13.2 Å². The summed E-state index contributed by atoms with van der Waals surface area (Å²) in [7, 11) is 0. The number of rotatable bonds is 20. The van der Waals surface area contributed by atoms with Crippen molar-refractivity contribution in [1.82, 2.24) is 5.32 Å². The Balaban J connectivity index is 1.21. The van der Waals surface area contributed by atoms with Gasteiger partial charge in [0, 0.05) is 6.92 Å². The topological polar surface area (TPSA) is 143 Å². The van der Waals surface area contributed by atoms with Crippen molar-refractivity contribution in [3.05, 3.63) is 179 Å². The molecule has 0 unspecified atom stereocenters. The molecule has 5 aromatic rings. The molecular weight excluding hydrogens is 779 g/mol. The van der Waals surface area contributed by atoms with Crippen LogP contribution in [0.2, 0.25) is 0 Å². The molecule has 5 aromatic carbocycles. The van der Waals surface area contributed by atoms with E-state index in [1.54, 1.807) is 0 Å². The van der Waals surface area contributed by atoms with E-state index in [2.05, 4.69) is 5.32 Å². The van der Waals surface area contributed by atoms with Gasteiger partial charge in [-0.05, 0) is 27.8 Å². The van der Waals surface area contributed by atoms with Crippen molar-refractivity contribution in [2.24, 2.45) is 0 Å². The van der Waals surface area contributed by atoms with Gasteiger partial charge in [0.25, 0.3) is 0 Å². The van der Waals surface area contributed by atoms with Crippen LogP contribution in [0.15, 0.2) is 152 Å². The van der Waals surface area contributed by atoms with E-state index in [1.807, 2.05) is 152 Å². The van der Waals surface area contributed by atoms with Crippen molar-refractivity contribution in [1.29, 1.82) is 0 Å². The van der Waals surface area contributed by atoms with Crippen LogP contribution in [-0.4, -0.2) is 90.7 Å². The fourth-order valence-electron chi connectivity index (χ4n) is 7.51. The average Bonchev–Trinajstić information content (AvgIpc) is 3.29. The number of nitrogens with one attached hydrogen (secondary N) is 1. The molecule has 2 fully saturated rings. The molecule has 2 aliphatic rings. The average molecular weight is 834 g/mol. The highest BCUT2D eigenvalue weighted by Crippen LogP contribution is 2.34. The first-order valence-electron chi connectivity index (χ1n) is 20.7. The first-order chi connectivity index (χ1) is 29.9. The number of hydrogen-bond acceptors (Lipinski definition) is 11. The monoisotopic (exact) mass is 833 g/mol. The minimum absolute atomic E-state index is 0.00901. The Morgan fingerprint density at radius 2 is 0.902 bits per heavy atom. The lowest BCUT2D eigenvalue weighted by atomic mass is 9.94. The number of aliphatic hydroxyl groups is 2. The molecule has 0 spiro atoms. The predicted molar refractivity (Wildman–Crippen MR) is 225 cm³/mol. The molecule has 10 atom stereocenters. The van der Waals surface area contributed by atoms with Gasteiger partial charge in [0.2, 0.25) is 5.91 Å². The molecule has 322 valence electrons. The van der Waals surface area contributed by atoms with Gasteiger partial charge in [-0.2, -0.15) is 0 Å². The molecule has 12 nitrogen and oxygen atoms in total. The zero-order chi connectivity index (χ0) is 42.2. The zero-order valence-electron chi connectivity index (χ0n) is 34.2. The quantitative estimate of drug-likeness (QED) is 0.0867. The zero-order valence-corrected chi connectivity index (χ0v) is 34.2. The Hall–Kier alpha value is -4.83. The number of aliphatic hydroxyl groups excluding tert-OH is 2. The van der Waals surface area contributed by atoms with Crippen LogP contribution in [0.25, 0.3) is 0 Å². The smallest absolute Gasteiger partial charge is 0.217 e. The van der Waals surface area contributed by atoms with Crippen LogP contribution in [0.3, 0.4) is 0 Å². The number of carbonyl (C=O) groups excluding carboxylic acids is 1. The summed E-state index contributed by atoms with van der Waals surface area (Å²) in [5.41, 5.74) is 4.54.